The van der Waals surface area contributed by atoms with Gasteiger partial charge >= 0.3 is 23.9 Å². The molecule has 6 nitrogen and oxygen atoms in total. The first-order chi connectivity index (χ1) is 11.4. The van der Waals surface area contributed by atoms with E-state index in [2.05, 4.69) is 0 Å². The van der Waals surface area contributed by atoms with E-state index in [0.717, 1.165) is 0 Å². The fraction of sp³-hybridized carbons (Fsp3) is 0. The van der Waals surface area contributed by atoms with E-state index >= 15 is 0 Å². The minimum atomic E-state index is -1.08. The Kier molecular flexibility index (Phi) is 3.03. The first-order valence-corrected chi connectivity index (χ1v) is 7.33. The van der Waals surface area contributed by atoms with Crippen molar-refractivity contribution in [3.63, 3.8) is 0 Å². The molecule has 2 aliphatic rings. The maximum atomic E-state index is 12.2. The molecule has 24 heavy (non-hydrogen) atoms. The van der Waals surface area contributed by atoms with E-state index in [1.807, 2.05) is 0 Å². The molecule has 4 rings (SSSR count). The van der Waals surface area contributed by atoms with Crippen LogP contribution in [0, 0.1) is 0 Å². The van der Waals surface area contributed by atoms with Crippen LogP contribution in [0.15, 0.2) is 24.3 Å². The van der Waals surface area contributed by atoms with Gasteiger partial charge in [0, 0.05) is 21.2 Å². The Morgan fingerprint density at radius 2 is 0.792 bits per heavy atom. The van der Waals surface area contributed by atoms with Crippen molar-refractivity contribution < 1.29 is 28.7 Å². The van der Waals surface area contributed by atoms with Gasteiger partial charge in [-0.1, -0.05) is 23.2 Å². The third-order valence-electron chi connectivity index (χ3n) is 3.76. The fourth-order valence-electron chi connectivity index (χ4n) is 2.62. The molecule has 0 spiro atoms. The monoisotopic (exact) mass is 362 g/mol. The lowest BCUT2D eigenvalue weighted by Crippen LogP contribution is -2.23. The third-order valence-corrected chi connectivity index (χ3v) is 4.38. The van der Waals surface area contributed by atoms with Gasteiger partial charge in [0.25, 0.3) is 0 Å². The van der Waals surface area contributed by atoms with Crippen LogP contribution in [-0.4, -0.2) is 23.9 Å². The predicted octanol–water partition coefficient (Wildman–Crippen LogP) is 3.28. The highest BCUT2D eigenvalue weighted by Gasteiger charge is 2.34. The van der Waals surface area contributed by atoms with Crippen molar-refractivity contribution in [1.29, 1.82) is 0 Å². The summed E-state index contributed by atoms with van der Waals surface area (Å²) in [6, 6.07) is 4.90. The van der Waals surface area contributed by atoms with Crippen LogP contribution < -0.4 is 0 Å². The Hall–Kier alpha value is -2.70. The number of esters is 4. The molecule has 0 atom stereocenters. The number of carbonyl (C=O) groups is 4. The van der Waals surface area contributed by atoms with Gasteiger partial charge in [-0.25, -0.2) is 19.2 Å². The van der Waals surface area contributed by atoms with Crippen LogP contribution in [0.2, 0.25) is 10.0 Å². The van der Waals surface area contributed by atoms with Crippen LogP contribution in [-0.2, 0) is 9.47 Å². The van der Waals surface area contributed by atoms with Gasteiger partial charge < -0.3 is 9.47 Å². The summed E-state index contributed by atoms with van der Waals surface area (Å²) in [6.45, 7) is 0. The van der Waals surface area contributed by atoms with Gasteiger partial charge in [0.2, 0.25) is 0 Å². The van der Waals surface area contributed by atoms with Gasteiger partial charge in [0.1, 0.15) is 0 Å². The summed E-state index contributed by atoms with van der Waals surface area (Å²) in [5.41, 5.74) is -0.414. The molecule has 0 saturated carbocycles. The predicted molar refractivity (Wildman–Crippen MR) is 81.4 cm³/mol. The third kappa shape index (κ3) is 1.97. The van der Waals surface area contributed by atoms with E-state index in [9.17, 15) is 19.2 Å². The maximum absolute atomic E-state index is 12.2. The minimum Gasteiger partial charge on any atom is -0.386 e. The van der Waals surface area contributed by atoms with E-state index in [-0.39, 0.29) is 32.3 Å². The molecular weight excluding hydrogens is 359 g/mol. The van der Waals surface area contributed by atoms with Crippen molar-refractivity contribution in [3.8, 4) is 11.1 Å². The van der Waals surface area contributed by atoms with Crippen LogP contribution in [0.5, 0.6) is 0 Å². The van der Waals surface area contributed by atoms with Crippen LogP contribution in [0.3, 0.4) is 0 Å². The standard InChI is InChI=1S/C16H4Cl2O6/c17-11-3-9-7-1-5(11)6-2-8(14(20)23-13(7)19)10(4-12(6)18)16(22)24-15(9)21/h1-4H. The summed E-state index contributed by atoms with van der Waals surface area (Å²) in [6.07, 6.45) is 0. The Labute approximate surface area is 143 Å². The lowest BCUT2D eigenvalue weighted by atomic mass is 9.97. The van der Waals surface area contributed by atoms with Crippen molar-refractivity contribution in [3.05, 3.63) is 56.6 Å². The average Bonchev–Trinajstić information content (AvgIpc) is 2.53. The summed E-state index contributed by atoms with van der Waals surface area (Å²) in [7, 11) is 0. The summed E-state index contributed by atoms with van der Waals surface area (Å²) in [5, 5.41) is 0.200. The number of halogens is 2. The Bertz CT molecular complexity index is 929. The maximum Gasteiger partial charge on any atom is 0.346 e. The average molecular weight is 363 g/mol. The number of rotatable bonds is 0. The summed E-state index contributed by atoms with van der Waals surface area (Å²) < 4.78 is 9.51. The van der Waals surface area contributed by atoms with Gasteiger partial charge in [-0.3, -0.25) is 0 Å². The number of hydrogen-bond acceptors (Lipinski definition) is 6. The number of ether oxygens (including phenoxy) is 2. The molecule has 0 aliphatic carbocycles. The quantitative estimate of drug-likeness (QED) is 0.527. The van der Waals surface area contributed by atoms with Gasteiger partial charge in [-0.2, -0.15) is 0 Å². The first kappa shape index (κ1) is 14.9. The van der Waals surface area contributed by atoms with Crippen LogP contribution in [0.25, 0.3) is 11.1 Å². The number of carbonyl (C=O) groups excluding carboxylic acids is 4. The second kappa shape index (κ2) is 4.90. The van der Waals surface area contributed by atoms with Crippen molar-refractivity contribution in [2.24, 2.45) is 0 Å². The molecule has 2 aromatic carbocycles. The molecule has 2 aromatic rings. The molecule has 4 bridgehead atoms. The molecule has 8 heteroatoms. The summed E-state index contributed by atoms with van der Waals surface area (Å²) in [5.74, 6) is -4.27. The van der Waals surface area contributed by atoms with Crippen molar-refractivity contribution in [1.82, 2.24) is 0 Å². The molecule has 0 N–H and O–H groups in total. The largest absolute Gasteiger partial charge is 0.386 e. The highest BCUT2D eigenvalue weighted by Crippen LogP contribution is 2.39. The second-order valence-corrected chi connectivity index (χ2v) is 5.92. The van der Waals surface area contributed by atoms with Crippen LogP contribution >= 0.6 is 23.2 Å². The fourth-order valence-corrected chi connectivity index (χ4v) is 3.15. The number of cyclic esters (lactones) is 2. The molecule has 0 amide bonds. The minimum absolute atomic E-state index is 0.0998. The molecule has 0 fully saturated rings. The van der Waals surface area contributed by atoms with Crippen LogP contribution in [0.4, 0.5) is 0 Å². The number of fused-ring (bicyclic) bond motifs is 5. The zero-order valence-corrected chi connectivity index (χ0v) is 13.0. The molecule has 118 valence electrons. The second-order valence-electron chi connectivity index (χ2n) is 5.11. The molecular formula is C16H4Cl2O6. The van der Waals surface area contributed by atoms with E-state index in [1.165, 1.54) is 24.3 Å². The van der Waals surface area contributed by atoms with E-state index in [1.54, 1.807) is 0 Å². The summed E-state index contributed by atoms with van der Waals surface area (Å²) in [4.78, 5) is 48.9. The topological polar surface area (TPSA) is 86.7 Å². The van der Waals surface area contributed by atoms with Crippen LogP contribution in [0.1, 0.15) is 41.4 Å². The Balaban J connectivity index is 2.25. The number of benzene rings is 2. The highest BCUT2D eigenvalue weighted by atomic mass is 35.5. The molecule has 0 aromatic heterocycles. The highest BCUT2D eigenvalue weighted by molar-refractivity contribution is 6.38. The lowest BCUT2D eigenvalue weighted by molar-refractivity contribution is 0.0334. The van der Waals surface area contributed by atoms with Gasteiger partial charge in [-0.15, -0.1) is 0 Å². The van der Waals surface area contributed by atoms with Gasteiger partial charge in [0.05, 0.1) is 22.3 Å². The zero-order chi connectivity index (χ0) is 17.2. The Morgan fingerprint density at radius 3 is 1.12 bits per heavy atom. The van der Waals surface area contributed by atoms with E-state index in [0.29, 0.717) is 11.1 Å². The Morgan fingerprint density at radius 1 is 0.500 bits per heavy atom. The van der Waals surface area contributed by atoms with Gasteiger partial charge in [-0.05, 0) is 24.3 Å². The molecule has 0 unspecified atom stereocenters. The van der Waals surface area contributed by atoms with Gasteiger partial charge in [0.15, 0.2) is 0 Å². The van der Waals surface area contributed by atoms with Crippen molar-refractivity contribution in [2.45, 2.75) is 0 Å². The molecule has 2 aliphatic heterocycles. The van der Waals surface area contributed by atoms with E-state index < -0.39 is 23.9 Å². The van der Waals surface area contributed by atoms with Crippen molar-refractivity contribution >= 4 is 47.1 Å². The normalized spacial score (nSPS) is 15.2. The zero-order valence-electron chi connectivity index (χ0n) is 11.5. The molecule has 0 saturated heterocycles. The molecule has 0 radical (unpaired) electrons. The van der Waals surface area contributed by atoms with E-state index in [4.69, 9.17) is 32.7 Å². The van der Waals surface area contributed by atoms with Crippen molar-refractivity contribution in [2.75, 3.05) is 0 Å². The SMILES string of the molecule is O=C1OC(=O)c2cc(Cl)c3cc2C(=O)OC(=O)c2cc-3c(Cl)cc21. The molecule has 2 heterocycles. The first-order valence-electron chi connectivity index (χ1n) is 6.57. The smallest absolute Gasteiger partial charge is 0.346 e. The summed E-state index contributed by atoms with van der Waals surface area (Å²) >= 11 is 12.4. The number of hydrogen-bond donors (Lipinski definition) is 0. The lowest BCUT2D eigenvalue weighted by Gasteiger charge is -2.12.